The van der Waals surface area contributed by atoms with Crippen molar-refractivity contribution < 1.29 is 9.53 Å². The summed E-state index contributed by atoms with van der Waals surface area (Å²) in [5, 5.41) is 6.15. The number of aromatic nitrogens is 1. The Morgan fingerprint density at radius 2 is 2.14 bits per heavy atom. The summed E-state index contributed by atoms with van der Waals surface area (Å²) in [6.07, 6.45) is 1.69. The number of rotatable bonds is 6. The Morgan fingerprint density at radius 3 is 2.76 bits per heavy atom. The number of amides is 1. The van der Waals surface area contributed by atoms with Crippen LogP contribution in [-0.2, 0) is 4.74 Å². The summed E-state index contributed by atoms with van der Waals surface area (Å²) >= 11 is 0. The first-order valence-corrected chi connectivity index (χ1v) is 7.46. The highest BCUT2D eigenvalue weighted by atomic mass is 16.5. The topological polar surface area (TPSA) is 66.5 Å². The van der Waals surface area contributed by atoms with Crippen molar-refractivity contribution in [1.82, 2.24) is 15.2 Å². The predicted octanol–water partition coefficient (Wildman–Crippen LogP) is 0.964. The molecule has 116 valence electrons. The standard InChI is InChI=1S/C15H24N4O2/c1-12(2)18-13-3-4-14(17-11-13)15(20)16-5-6-19-7-9-21-10-8-19/h3-4,11-12,18H,5-10H2,1-2H3,(H,16,20). The normalized spacial score (nSPS) is 16.0. The number of nitrogens with one attached hydrogen (secondary N) is 2. The largest absolute Gasteiger partial charge is 0.382 e. The molecule has 0 aliphatic carbocycles. The quantitative estimate of drug-likeness (QED) is 0.817. The maximum atomic E-state index is 12.0. The number of nitrogens with zero attached hydrogens (tertiary/aromatic N) is 2. The van der Waals surface area contributed by atoms with Crippen molar-refractivity contribution >= 4 is 11.6 Å². The maximum Gasteiger partial charge on any atom is 0.269 e. The molecule has 0 radical (unpaired) electrons. The molecule has 21 heavy (non-hydrogen) atoms. The Morgan fingerprint density at radius 1 is 1.38 bits per heavy atom. The Labute approximate surface area is 125 Å². The minimum atomic E-state index is -0.126. The van der Waals surface area contributed by atoms with Crippen molar-refractivity contribution in [2.24, 2.45) is 0 Å². The Hall–Kier alpha value is -1.66. The van der Waals surface area contributed by atoms with Gasteiger partial charge in [0.2, 0.25) is 0 Å². The van der Waals surface area contributed by atoms with Gasteiger partial charge in [0, 0.05) is 32.2 Å². The molecule has 1 aromatic heterocycles. The fraction of sp³-hybridized carbons (Fsp3) is 0.600. The zero-order valence-electron chi connectivity index (χ0n) is 12.8. The van der Waals surface area contributed by atoms with Crippen LogP contribution in [0.2, 0.25) is 0 Å². The minimum Gasteiger partial charge on any atom is -0.382 e. The van der Waals surface area contributed by atoms with Gasteiger partial charge in [-0.25, -0.2) is 4.98 Å². The first-order chi connectivity index (χ1) is 10.1. The summed E-state index contributed by atoms with van der Waals surface area (Å²) in [6.45, 7) is 9.03. The molecule has 1 amide bonds. The Bertz CT molecular complexity index is 441. The maximum absolute atomic E-state index is 12.0. The highest BCUT2D eigenvalue weighted by molar-refractivity contribution is 5.92. The Balaban J connectivity index is 1.74. The van der Waals surface area contributed by atoms with Gasteiger partial charge in [-0.05, 0) is 26.0 Å². The van der Waals surface area contributed by atoms with E-state index in [4.69, 9.17) is 4.74 Å². The van der Waals surface area contributed by atoms with Crippen LogP contribution in [0.15, 0.2) is 18.3 Å². The molecule has 1 saturated heterocycles. The average molecular weight is 292 g/mol. The molecular weight excluding hydrogens is 268 g/mol. The van der Waals surface area contributed by atoms with Gasteiger partial charge in [0.05, 0.1) is 25.1 Å². The van der Waals surface area contributed by atoms with Gasteiger partial charge in [-0.2, -0.15) is 0 Å². The van der Waals surface area contributed by atoms with Crippen LogP contribution < -0.4 is 10.6 Å². The highest BCUT2D eigenvalue weighted by Crippen LogP contribution is 2.07. The number of hydrogen-bond donors (Lipinski definition) is 2. The summed E-state index contributed by atoms with van der Waals surface area (Å²) in [6, 6.07) is 3.97. The number of hydrogen-bond acceptors (Lipinski definition) is 5. The highest BCUT2D eigenvalue weighted by Gasteiger charge is 2.11. The third-order valence-corrected chi connectivity index (χ3v) is 3.27. The molecule has 2 rings (SSSR count). The van der Waals surface area contributed by atoms with Crippen LogP contribution >= 0.6 is 0 Å². The van der Waals surface area contributed by atoms with Gasteiger partial charge in [0.1, 0.15) is 5.69 Å². The second-order valence-corrected chi connectivity index (χ2v) is 5.44. The van der Waals surface area contributed by atoms with E-state index in [1.165, 1.54) is 0 Å². The van der Waals surface area contributed by atoms with E-state index < -0.39 is 0 Å². The van der Waals surface area contributed by atoms with Crippen LogP contribution in [0.5, 0.6) is 0 Å². The van der Waals surface area contributed by atoms with E-state index in [0.717, 1.165) is 38.5 Å². The molecule has 1 aromatic rings. The van der Waals surface area contributed by atoms with Crippen LogP contribution in [-0.4, -0.2) is 61.2 Å². The van der Waals surface area contributed by atoms with E-state index in [1.54, 1.807) is 12.3 Å². The molecule has 0 aromatic carbocycles. The lowest BCUT2D eigenvalue weighted by molar-refractivity contribution is 0.0383. The van der Waals surface area contributed by atoms with Crippen LogP contribution in [0.4, 0.5) is 5.69 Å². The zero-order valence-corrected chi connectivity index (χ0v) is 12.8. The minimum absolute atomic E-state index is 0.126. The average Bonchev–Trinajstić information content (AvgIpc) is 2.48. The molecule has 0 unspecified atom stereocenters. The summed E-state index contributed by atoms with van der Waals surface area (Å²) < 4.78 is 5.29. The van der Waals surface area contributed by atoms with E-state index in [0.29, 0.717) is 18.3 Å². The molecular formula is C15H24N4O2. The SMILES string of the molecule is CC(C)Nc1ccc(C(=O)NCCN2CCOCC2)nc1. The molecule has 0 saturated carbocycles. The lowest BCUT2D eigenvalue weighted by Crippen LogP contribution is -2.41. The van der Waals surface area contributed by atoms with Gasteiger partial charge in [0.25, 0.3) is 5.91 Å². The molecule has 1 fully saturated rings. The first-order valence-electron chi connectivity index (χ1n) is 7.46. The fourth-order valence-electron chi connectivity index (χ4n) is 2.19. The molecule has 1 aliphatic rings. The van der Waals surface area contributed by atoms with Gasteiger partial charge in [-0.3, -0.25) is 9.69 Å². The van der Waals surface area contributed by atoms with Crippen molar-refractivity contribution in [3.05, 3.63) is 24.0 Å². The number of pyridine rings is 1. The molecule has 0 spiro atoms. The molecule has 1 aliphatic heterocycles. The second-order valence-electron chi connectivity index (χ2n) is 5.44. The number of carbonyl (C=O) groups excluding carboxylic acids is 1. The van der Waals surface area contributed by atoms with E-state index in [9.17, 15) is 4.79 Å². The van der Waals surface area contributed by atoms with Gasteiger partial charge in [0.15, 0.2) is 0 Å². The van der Waals surface area contributed by atoms with Crippen molar-refractivity contribution in [2.75, 3.05) is 44.7 Å². The molecule has 6 heteroatoms. The Kier molecular flexibility index (Phi) is 5.95. The number of morpholine rings is 1. The first kappa shape index (κ1) is 15.7. The number of ether oxygens (including phenoxy) is 1. The second kappa shape index (κ2) is 7.95. The van der Waals surface area contributed by atoms with E-state index in [-0.39, 0.29) is 5.91 Å². The molecule has 6 nitrogen and oxygen atoms in total. The molecule has 0 atom stereocenters. The van der Waals surface area contributed by atoms with Crippen LogP contribution in [0.25, 0.3) is 0 Å². The number of anilines is 1. The van der Waals surface area contributed by atoms with Crippen molar-refractivity contribution in [2.45, 2.75) is 19.9 Å². The predicted molar refractivity (Wildman–Crippen MR) is 82.6 cm³/mol. The summed E-state index contributed by atoms with van der Waals surface area (Å²) in [5.74, 6) is -0.126. The van der Waals surface area contributed by atoms with E-state index in [1.807, 2.05) is 6.07 Å². The van der Waals surface area contributed by atoms with Gasteiger partial charge >= 0.3 is 0 Å². The lowest BCUT2D eigenvalue weighted by Gasteiger charge is -2.26. The third-order valence-electron chi connectivity index (χ3n) is 3.27. The summed E-state index contributed by atoms with van der Waals surface area (Å²) in [4.78, 5) is 18.5. The van der Waals surface area contributed by atoms with Crippen molar-refractivity contribution in [1.29, 1.82) is 0 Å². The molecule has 2 heterocycles. The molecule has 2 N–H and O–H groups in total. The van der Waals surface area contributed by atoms with E-state index in [2.05, 4.69) is 34.4 Å². The van der Waals surface area contributed by atoms with Crippen LogP contribution in [0, 0.1) is 0 Å². The monoisotopic (exact) mass is 292 g/mol. The van der Waals surface area contributed by atoms with Crippen molar-refractivity contribution in [3.8, 4) is 0 Å². The molecule has 0 bridgehead atoms. The van der Waals surface area contributed by atoms with Crippen LogP contribution in [0.3, 0.4) is 0 Å². The summed E-state index contributed by atoms with van der Waals surface area (Å²) in [5.41, 5.74) is 1.38. The lowest BCUT2D eigenvalue weighted by atomic mass is 10.3. The van der Waals surface area contributed by atoms with Crippen LogP contribution in [0.1, 0.15) is 24.3 Å². The van der Waals surface area contributed by atoms with Gasteiger partial charge in [-0.1, -0.05) is 0 Å². The summed E-state index contributed by atoms with van der Waals surface area (Å²) in [7, 11) is 0. The van der Waals surface area contributed by atoms with Gasteiger partial charge in [-0.15, -0.1) is 0 Å². The third kappa shape index (κ3) is 5.32. The fourth-order valence-corrected chi connectivity index (χ4v) is 2.19. The van der Waals surface area contributed by atoms with E-state index >= 15 is 0 Å². The van der Waals surface area contributed by atoms with Crippen molar-refractivity contribution in [3.63, 3.8) is 0 Å². The van der Waals surface area contributed by atoms with Gasteiger partial charge < -0.3 is 15.4 Å². The zero-order chi connectivity index (χ0) is 15.1. The number of carbonyl (C=O) groups is 1. The smallest absolute Gasteiger partial charge is 0.269 e.